The van der Waals surface area contributed by atoms with Gasteiger partial charge in [-0.1, -0.05) is 25.1 Å². The zero-order chi connectivity index (χ0) is 17.1. The molecule has 2 heterocycles. The SMILES string of the molecule is CCc1ccccc1OC1CN(C(=O)c2nnc(CN(C)C)o2)C1. The normalized spacial score (nSPS) is 14.8. The number of nitrogens with zero attached hydrogens (tertiary/aromatic N) is 4. The number of ether oxygens (including phenoxy) is 1. The van der Waals surface area contributed by atoms with Gasteiger partial charge < -0.3 is 19.0 Å². The fourth-order valence-corrected chi connectivity index (χ4v) is 2.58. The summed E-state index contributed by atoms with van der Waals surface area (Å²) in [4.78, 5) is 15.9. The summed E-state index contributed by atoms with van der Waals surface area (Å²) in [5.74, 6) is 1.13. The summed E-state index contributed by atoms with van der Waals surface area (Å²) in [5, 5.41) is 7.72. The van der Waals surface area contributed by atoms with Gasteiger partial charge in [0.05, 0.1) is 19.6 Å². The molecule has 1 aliphatic rings. The number of aryl methyl sites for hydroxylation is 1. The van der Waals surface area contributed by atoms with Gasteiger partial charge >= 0.3 is 11.8 Å². The van der Waals surface area contributed by atoms with Crippen molar-refractivity contribution in [3.63, 3.8) is 0 Å². The first-order chi connectivity index (χ1) is 11.6. The molecule has 1 amide bonds. The minimum Gasteiger partial charge on any atom is -0.486 e. The molecule has 0 atom stereocenters. The molecule has 7 heteroatoms. The molecule has 1 aromatic carbocycles. The second-order valence-corrected chi connectivity index (χ2v) is 6.15. The first-order valence-corrected chi connectivity index (χ1v) is 8.07. The molecular formula is C17H22N4O3. The molecule has 24 heavy (non-hydrogen) atoms. The number of para-hydroxylation sites is 1. The van der Waals surface area contributed by atoms with E-state index in [0.29, 0.717) is 25.5 Å². The fourth-order valence-electron chi connectivity index (χ4n) is 2.58. The number of benzene rings is 1. The monoisotopic (exact) mass is 330 g/mol. The van der Waals surface area contributed by atoms with Gasteiger partial charge in [0.25, 0.3) is 0 Å². The van der Waals surface area contributed by atoms with Crippen LogP contribution < -0.4 is 4.74 Å². The lowest BCUT2D eigenvalue weighted by Gasteiger charge is -2.38. The molecule has 1 fully saturated rings. The average molecular weight is 330 g/mol. The van der Waals surface area contributed by atoms with Crippen molar-refractivity contribution in [3.8, 4) is 5.75 Å². The van der Waals surface area contributed by atoms with E-state index >= 15 is 0 Å². The van der Waals surface area contributed by atoms with E-state index in [9.17, 15) is 4.79 Å². The predicted molar refractivity (Wildman–Crippen MR) is 87.8 cm³/mol. The Balaban J connectivity index is 1.54. The summed E-state index contributed by atoms with van der Waals surface area (Å²) in [6, 6.07) is 7.99. The van der Waals surface area contributed by atoms with Crippen molar-refractivity contribution in [3.05, 3.63) is 41.6 Å². The van der Waals surface area contributed by atoms with Crippen LogP contribution in [-0.2, 0) is 13.0 Å². The lowest BCUT2D eigenvalue weighted by molar-refractivity contribution is 0.0144. The molecule has 0 radical (unpaired) electrons. The maximum Gasteiger partial charge on any atom is 0.311 e. The highest BCUT2D eigenvalue weighted by Gasteiger charge is 2.35. The van der Waals surface area contributed by atoms with Crippen molar-refractivity contribution in [2.75, 3.05) is 27.2 Å². The number of rotatable bonds is 6. The van der Waals surface area contributed by atoms with E-state index in [-0.39, 0.29) is 17.9 Å². The molecule has 0 bridgehead atoms. The van der Waals surface area contributed by atoms with Crippen LogP contribution in [0.1, 0.15) is 29.1 Å². The molecule has 0 aliphatic carbocycles. The van der Waals surface area contributed by atoms with E-state index < -0.39 is 0 Å². The Morgan fingerprint density at radius 3 is 2.79 bits per heavy atom. The van der Waals surface area contributed by atoms with Gasteiger partial charge in [-0.15, -0.1) is 10.2 Å². The lowest BCUT2D eigenvalue weighted by Crippen LogP contribution is -2.56. The minimum absolute atomic E-state index is 0.00539. The second kappa shape index (κ2) is 7.00. The third-order valence-corrected chi connectivity index (χ3v) is 3.88. The fraction of sp³-hybridized carbons (Fsp3) is 0.471. The van der Waals surface area contributed by atoms with Crippen LogP contribution in [0.3, 0.4) is 0 Å². The van der Waals surface area contributed by atoms with Crippen molar-refractivity contribution in [1.29, 1.82) is 0 Å². The summed E-state index contributed by atoms with van der Waals surface area (Å²) < 4.78 is 11.4. The molecule has 2 aromatic rings. The number of hydrogen-bond donors (Lipinski definition) is 0. The Morgan fingerprint density at radius 1 is 1.33 bits per heavy atom. The Morgan fingerprint density at radius 2 is 2.08 bits per heavy atom. The van der Waals surface area contributed by atoms with Gasteiger partial charge in [0.1, 0.15) is 11.9 Å². The summed E-state index contributed by atoms with van der Waals surface area (Å²) in [5.41, 5.74) is 1.17. The highest BCUT2D eigenvalue weighted by molar-refractivity contribution is 5.90. The van der Waals surface area contributed by atoms with Crippen LogP contribution in [0.5, 0.6) is 5.75 Å². The molecule has 0 saturated carbocycles. The third kappa shape index (κ3) is 3.56. The zero-order valence-corrected chi connectivity index (χ0v) is 14.2. The molecule has 1 aliphatic heterocycles. The van der Waals surface area contributed by atoms with Gasteiger partial charge in [0, 0.05) is 0 Å². The Labute approximate surface area is 141 Å². The van der Waals surface area contributed by atoms with Crippen LogP contribution >= 0.6 is 0 Å². The number of carbonyl (C=O) groups excluding carboxylic acids is 1. The number of hydrogen-bond acceptors (Lipinski definition) is 6. The molecule has 3 rings (SSSR count). The van der Waals surface area contributed by atoms with Crippen LogP contribution in [0.4, 0.5) is 0 Å². The van der Waals surface area contributed by atoms with E-state index in [2.05, 4.69) is 23.2 Å². The smallest absolute Gasteiger partial charge is 0.311 e. The van der Waals surface area contributed by atoms with E-state index in [1.165, 1.54) is 5.56 Å². The quantitative estimate of drug-likeness (QED) is 0.801. The van der Waals surface area contributed by atoms with Gasteiger partial charge in [-0.25, -0.2) is 0 Å². The van der Waals surface area contributed by atoms with Crippen molar-refractivity contribution >= 4 is 5.91 Å². The van der Waals surface area contributed by atoms with Crippen molar-refractivity contribution < 1.29 is 13.9 Å². The van der Waals surface area contributed by atoms with Crippen LogP contribution in [0.15, 0.2) is 28.7 Å². The Bertz CT molecular complexity index is 707. The standard InChI is InChI=1S/C17H22N4O3/c1-4-12-7-5-6-8-14(12)23-13-9-21(10-13)17(22)16-19-18-15(24-16)11-20(2)3/h5-8,13H,4,9-11H2,1-3H3. The molecule has 7 nitrogen and oxygen atoms in total. The van der Waals surface area contributed by atoms with Crippen LogP contribution in [0.2, 0.25) is 0 Å². The van der Waals surface area contributed by atoms with Gasteiger partial charge in [-0.3, -0.25) is 4.79 Å². The topological polar surface area (TPSA) is 71.7 Å². The third-order valence-electron chi connectivity index (χ3n) is 3.88. The van der Waals surface area contributed by atoms with E-state index in [0.717, 1.165) is 12.2 Å². The van der Waals surface area contributed by atoms with E-state index in [1.807, 2.05) is 37.2 Å². The summed E-state index contributed by atoms with van der Waals surface area (Å²) in [6.45, 7) is 3.67. The van der Waals surface area contributed by atoms with Crippen molar-refractivity contribution in [1.82, 2.24) is 20.0 Å². The Kier molecular flexibility index (Phi) is 4.80. The summed E-state index contributed by atoms with van der Waals surface area (Å²) in [7, 11) is 3.80. The van der Waals surface area contributed by atoms with Crippen LogP contribution in [0, 0.1) is 0 Å². The van der Waals surface area contributed by atoms with Crippen molar-refractivity contribution in [2.24, 2.45) is 0 Å². The van der Waals surface area contributed by atoms with Gasteiger partial charge in [0.2, 0.25) is 5.89 Å². The molecule has 1 aromatic heterocycles. The molecule has 0 spiro atoms. The Hall–Kier alpha value is -2.41. The van der Waals surface area contributed by atoms with Gasteiger partial charge in [-0.2, -0.15) is 0 Å². The number of amides is 1. The van der Waals surface area contributed by atoms with E-state index in [4.69, 9.17) is 9.15 Å². The van der Waals surface area contributed by atoms with Gasteiger partial charge in [0.15, 0.2) is 0 Å². The highest BCUT2D eigenvalue weighted by atomic mass is 16.5. The molecule has 128 valence electrons. The molecule has 0 N–H and O–H groups in total. The highest BCUT2D eigenvalue weighted by Crippen LogP contribution is 2.23. The number of likely N-dealkylation sites (tertiary alicyclic amines) is 1. The minimum atomic E-state index is -0.240. The summed E-state index contributed by atoms with van der Waals surface area (Å²) in [6.07, 6.45) is 0.924. The molecular weight excluding hydrogens is 308 g/mol. The van der Waals surface area contributed by atoms with Crippen molar-refractivity contribution in [2.45, 2.75) is 26.0 Å². The lowest BCUT2D eigenvalue weighted by atomic mass is 10.1. The predicted octanol–water partition coefficient (Wildman–Crippen LogP) is 1.60. The number of aromatic nitrogens is 2. The maximum absolute atomic E-state index is 12.3. The summed E-state index contributed by atoms with van der Waals surface area (Å²) >= 11 is 0. The number of carbonyl (C=O) groups is 1. The first kappa shape index (κ1) is 16.4. The zero-order valence-electron chi connectivity index (χ0n) is 14.2. The molecule has 1 saturated heterocycles. The van der Waals surface area contributed by atoms with E-state index in [1.54, 1.807) is 4.90 Å². The maximum atomic E-state index is 12.3. The average Bonchev–Trinajstić information content (AvgIpc) is 2.98. The van der Waals surface area contributed by atoms with Gasteiger partial charge in [-0.05, 0) is 32.1 Å². The largest absolute Gasteiger partial charge is 0.486 e. The first-order valence-electron chi connectivity index (χ1n) is 8.07. The van der Waals surface area contributed by atoms with Crippen LogP contribution in [0.25, 0.3) is 0 Å². The second-order valence-electron chi connectivity index (χ2n) is 6.15. The van der Waals surface area contributed by atoms with Crippen LogP contribution in [-0.4, -0.2) is 59.2 Å². The molecule has 0 unspecified atom stereocenters.